The van der Waals surface area contributed by atoms with Crippen molar-refractivity contribution >= 4 is 23.3 Å². The number of carbonyl (C=O) groups is 1. The van der Waals surface area contributed by atoms with Crippen LogP contribution in [0.3, 0.4) is 0 Å². The lowest BCUT2D eigenvalue weighted by Crippen LogP contribution is -2.59. The van der Waals surface area contributed by atoms with Gasteiger partial charge in [0.15, 0.2) is 0 Å². The number of carbonyl (C=O) groups excluding carboxylic acids is 1. The predicted molar refractivity (Wildman–Crippen MR) is 130 cm³/mol. The smallest absolute Gasteiger partial charge is 0.251 e. The van der Waals surface area contributed by atoms with Gasteiger partial charge in [0.25, 0.3) is 5.91 Å². The van der Waals surface area contributed by atoms with Gasteiger partial charge in [0.2, 0.25) is 0 Å². The van der Waals surface area contributed by atoms with Crippen LogP contribution in [-0.2, 0) is 11.3 Å². The number of hydrogen-bond donors (Lipinski definition) is 1. The number of morpholine rings is 1. The van der Waals surface area contributed by atoms with Gasteiger partial charge >= 0.3 is 0 Å². The van der Waals surface area contributed by atoms with Crippen LogP contribution in [-0.4, -0.2) is 70.1 Å². The topological polar surface area (TPSA) is 68.1 Å². The van der Waals surface area contributed by atoms with Crippen LogP contribution >= 0.6 is 11.8 Å². The number of nitrogens with one attached hydrogen (secondary N) is 1. The van der Waals surface area contributed by atoms with Gasteiger partial charge in [0.1, 0.15) is 18.0 Å². The molecule has 5 rings (SSSR count). The number of imidazole rings is 1. The van der Waals surface area contributed by atoms with E-state index >= 15 is 0 Å². The number of ether oxygens (including phenoxy) is 2. The molecule has 1 atom stereocenters. The van der Waals surface area contributed by atoms with Gasteiger partial charge in [-0.1, -0.05) is 12.1 Å². The molecule has 33 heavy (non-hydrogen) atoms. The minimum Gasteiger partial charge on any atom is -0.487 e. The Labute approximate surface area is 198 Å². The van der Waals surface area contributed by atoms with Crippen molar-refractivity contribution in [2.45, 2.75) is 25.5 Å². The molecule has 0 spiro atoms. The molecule has 2 saturated heterocycles. The zero-order valence-electron chi connectivity index (χ0n) is 19.0. The van der Waals surface area contributed by atoms with Gasteiger partial charge < -0.3 is 19.2 Å². The number of rotatable bonds is 7. The molecule has 7 nitrogen and oxygen atoms in total. The monoisotopic (exact) mass is 466 g/mol. The molecule has 0 bridgehead atoms. The normalized spacial score (nSPS) is 21.4. The van der Waals surface area contributed by atoms with E-state index in [4.69, 9.17) is 9.47 Å². The molecule has 2 aliphatic rings. The molecule has 2 aliphatic heterocycles. The highest BCUT2D eigenvalue weighted by Crippen LogP contribution is 2.33. The molecular formula is C25H30N4O3S. The first-order chi connectivity index (χ1) is 16.1. The van der Waals surface area contributed by atoms with Gasteiger partial charge in [-0.15, -0.1) is 0 Å². The summed E-state index contributed by atoms with van der Waals surface area (Å²) in [5.74, 6) is 2.79. The molecule has 0 saturated carbocycles. The number of amides is 1. The summed E-state index contributed by atoms with van der Waals surface area (Å²) in [5.41, 5.74) is 3.56. The van der Waals surface area contributed by atoms with Crippen molar-refractivity contribution in [2.24, 2.45) is 0 Å². The number of fused-ring (bicyclic) bond motifs is 1. The maximum Gasteiger partial charge on any atom is 0.251 e. The number of nitrogens with zero attached hydrogens (tertiary/aromatic N) is 3. The first-order valence-electron chi connectivity index (χ1n) is 11.5. The number of aromatic nitrogens is 2. The largest absolute Gasteiger partial charge is 0.487 e. The summed E-state index contributed by atoms with van der Waals surface area (Å²) in [6.07, 6.45) is 5.12. The average Bonchev–Trinajstić information content (AvgIpc) is 3.49. The van der Waals surface area contributed by atoms with Gasteiger partial charge in [-0.05, 0) is 48.9 Å². The molecule has 1 N–H and O–H groups in total. The van der Waals surface area contributed by atoms with Crippen molar-refractivity contribution in [1.82, 2.24) is 19.6 Å². The van der Waals surface area contributed by atoms with Crippen molar-refractivity contribution in [1.29, 1.82) is 0 Å². The van der Waals surface area contributed by atoms with Crippen LogP contribution in [0.4, 0.5) is 0 Å². The first kappa shape index (κ1) is 22.3. The molecule has 8 heteroatoms. The Kier molecular flexibility index (Phi) is 6.57. The van der Waals surface area contributed by atoms with E-state index in [-0.39, 0.29) is 11.4 Å². The Morgan fingerprint density at radius 2 is 2.12 bits per heavy atom. The van der Waals surface area contributed by atoms with Gasteiger partial charge in [-0.3, -0.25) is 9.69 Å². The van der Waals surface area contributed by atoms with Crippen LogP contribution < -0.4 is 10.1 Å². The van der Waals surface area contributed by atoms with Gasteiger partial charge in [-0.25, -0.2) is 4.98 Å². The molecule has 1 unspecified atom stereocenters. The lowest BCUT2D eigenvalue weighted by atomic mass is 9.95. The molecule has 3 aromatic rings. The number of hydrogen-bond acceptors (Lipinski definition) is 6. The maximum absolute atomic E-state index is 13.0. The third-order valence-corrected chi connectivity index (χ3v) is 7.71. The number of aryl methyl sites for hydroxylation is 1. The highest BCUT2D eigenvalue weighted by molar-refractivity contribution is 7.99. The second-order valence-electron chi connectivity index (χ2n) is 8.83. The second kappa shape index (κ2) is 9.75. The quantitative estimate of drug-likeness (QED) is 0.577. The zero-order valence-corrected chi connectivity index (χ0v) is 19.8. The molecule has 2 aromatic heterocycles. The Morgan fingerprint density at radius 1 is 1.24 bits per heavy atom. The molecule has 1 amide bonds. The van der Waals surface area contributed by atoms with Crippen LogP contribution in [0.1, 0.15) is 28.0 Å². The van der Waals surface area contributed by atoms with E-state index in [0.29, 0.717) is 24.5 Å². The van der Waals surface area contributed by atoms with Crippen LogP contribution in [0.2, 0.25) is 0 Å². The molecular weight excluding hydrogens is 436 g/mol. The van der Waals surface area contributed by atoms with Crippen LogP contribution in [0.5, 0.6) is 5.75 Å². The van der Waals surface area contributed by atoms with Crippen LogP contribution in [0.15, 0.2) is 48.8 Å². The molecule has 174 valence electrons. The molecule has 2 fully saturated rings. The van der Waals surface area contributed by atoms with E-state index < -0.39 is 0 Å². The summed E-state index contributed by atoms with van der Waals surface area (Å²) in [7, 11) is 0. The van der Waals surface area contributed by atoms with Crippen LogP contribution in [0, 0.1) is 6.92 Å². The SMILES string of the molecule is Cc1ccc2nc(COc3cccc(C(=O)NCC4(N5CCOCC5)CCSC4)c3)cn2c1. The third kappa shape index (κ3) is 5.03. The fraction of sp³-hybridized carbons (Fsp3) is 0.440. The highest BCUT2D eigenvalue weighted by atomic mass is 32.2. The first-order valence-corrected chi connectivity index (χ1v) is 12.6. The van der Waals surface area contributed by atoms with Gasteiger partial charge in [-0.2, -0.15) is 11.8 Å². The van der Waals surface area contributed by atoms with Gasteiger partial charge in [0, 0.05) is 48.9 Å². The maximum atomic E-state index is 13.0. The number of thioether (sulfide) groups is 1. The lowest BCUT2D eigenvalue weighted by molar-refractivity contribution is -0.0129. The summed E-state index contributed by atoms with van der Waals surface area (Å²) in [5, 5.41) is 3.20. The van der Waals surface area contributed by atoms with Crippen molar-refractivity contribution < 1.29 is 14.3 Å². The van der Waals surface area contributed by atoms with Crippen molar-refractivity contribution in [3.8, 4) is 5.75 Å². The summed E-state index contributed by atoms with van der Waals surface area (Å²) in [4.78, 5) is 20.1. The molecule has 4 heterocycles. The third-order valence-electron chi connectivity index (χ3n) is 6.47. The van der Waals surface area contributed by atoms with E-state index in [1.807, 2.05) is 58.9 Å². The fourth-order valence-electron chi connectivity index (χ4n) is 4.59. The second-order valence-corrected chi connectivity index (χ2v) is 9.93. The fourth-order valence-corrected chi connectivity index (χ4v) is 6.07. The van der Waals surface area contributed by atoms with Crippen molar-refractivity contribution in [3.63, 3.8) is 0 Å². The Morgan fingerprint density at radius 3 is 2.94 bits per heavy atom. The van der Waals surface area contributed by atoms with Gasteiger partial charge in [0.05, 0.1) is 18.9 Å². The van der Waals surface area contributed by atoms with E-state index in [1.165, 1.54) is 5.56 Å². The van der Waals surface area contributed by atoms with E-state index in [2.05, 4.69) is 22.1 Å². The van der Waals surface area contributed by atoms with E-state index in [1.54, 1.807) is 6.07 Å². The standard InChI is InChI=1S/C25H30N4O3S/c1-19-5-6-23-27-21(15-28(23)14-19)16-32-22-4-2-3-20(13-22)24(30)26-17-25(7-12-33-18-25)29-8-10-31-11-9-29/h2-6,13-15H,7-12,16-18H2,1H3,(H,26,30). The van der Waals surface area contributed by atoms with E-state index in [9.17, 15) is 4.79 Å². The summed E-state index contributed by atoms with van der Waals surface area (Å²) in [6.45, 7) is 6.47. The van der Waals surface area contributed by atoms with Crippen LogP contribution in [0.25, 0.3) is 5.65 Å². The molecule has 0 radical (unpaired) electrons. The van der Waals surface area contributed by atoms with Crippen molar-refractivity contribution in [3.05, 3.63) is 65.6 Å². The Bertz CT molecular complexity index is 1120. The average molecular weight is 467 g/mol. The predicted octanol–water partition coefficient (Wildman–Crippen LogP) is 3.16. The lowest BCUT2D eigenvalue weighted by Gasteiger charge is -2.43. The molecule has 0 aliphatic carbocycles. The highest BCUT2D eigenvalue weighted by Gasteiger charge is 2.40. The number of pyridine rings is 1. The molecule has 1 aromatic carbocycles. The Balaban J connectivity index is 1.21. The van der Waals surface area contributed by atoms with Crippen molar-refractivity contribution in [2.75, 3.05) is 44.4 Å². The summed E-state index contributed by atoms with van der Waals surface area (Å²) in [6, 6.07) is 11.4. The zero-order chi connectivity index (χ0) is 22.7. The number of benzene rings is 1. The van der Waals surface area contributed by atoms with E-state index in [0.717, 1.165) is 55.6 Å². The Hall–Kier alpha value is -2.55. The minimum absolute atomic E-state index is 0.0275. The summed E-state index contributed by atoms with van der Waals surface area (Å²) < 4.78 is 13.5. The summed E-state index contributed by atoms with van der Waals surface area (Å²) >= 11 is 1.97. The minimum atomic E-state index is -0.0619.